The minimum absolute atomic E-state index is 0.550. The van der Waals surface area contributed by atoms with E-state index in [2.05, 4.69) is 229 Å². The van der Waals surface area contributed by atoms with Crippen LogP contribution in [-0.2, 0) is 5.41 Å². The molecule has 0 saturated carbocycles. The lowest BCUT2D eigenvalue weighted by molar-refractivity contribution is 0.775. The zero-order chi connectivity index (χ0) is 35.9. The van der Waals surface area contributed by atoms with Gasteiger partial charge in [0.1, 0.15) is 0 Å². The number of rotatable bonds is 7. The maximum absolute atomic E-state index is 2.51. The predicted molar refractivity (Wildman–Crippen MR) is 227 cm³/mol. The molecule has 0 heterocycles. The summed E-state index contributed by atoms with van der Waals surface area (Å²) in [6.45, 7) is 0. The molecule has 0 amide bonds. The molecule has 0 N–H and O–H groups in total. The van der Waals surface area contributed by atoms with E-state index in [9.17, 15) is 0 Å². The zero-order valence-electron chi connectivity index (χ0n) is 29.8. The van der Waals surface area contributed by atoms with Gasteiger partial charge in [0.2, 0.25) is 0 Å². The van der Waals surface area contributed by atoms with Crippen molar-refractivity contribution < 1.29 is 0 Å². The standard InChI is InChI=1S/C53H37N/c1-5-19-38(20-6-1)39-33-35-44(36-34-39)54(49-32-18-16-28-45(49)40-21-7-2-8-22-40)50-37-41-23-13-14-29-46(41)52-51(50)47-30-15-17-31-48(47)53(52,42-24-9-3-10-25-42)43-26-11-4-12-27-43/h1-37H. The Labute approximate surface area is 317 Å². The van der Waals surface area contributed by atoms with E-state index in [4.69, 9.17) is 0 Å². The number of anilines is 3. The molecular weight excluding hydrogens is 651 g/mol. The second-order valence-electron chi connectivity index (χ2n) is 14.0. The highest BCUT2D eigenvalue weighted by molar-refractivity contribution is 6.08. The fourth-order valence-corrected chi connectivity index (χ4v) is 8.85. The Kier molecular flexibility index (Phi) is 7.78. The molecule has 1 aliphatic rings. The van der Waals surface area contributed by atoms with Crippen molar-refractivity contribution in [2.24, 2.45) is 0 Å². The molecule has 10 rings (SSSR count). The van der Waals surface area contributed by atoms with Crippen molar-refractivity contribution in [2.45, 2.75) is 5.41 Å². The van der Waals surface area contributed by atoms with Gasteiger partial charge in [-0.05, 0) is 79.5 Å². The average molecular weight is 688 g/mol. The minimum atomic E-state index is -0.550. The van der Waals surface area contributed by atoms with Crippen LogP contribution in [-0.4, -0.2) is 0 Å². The monoisotopic (exact) mass is 687 g/mol. The van der Waals surface area contributed by atoms with Crippen LogP contribution in [0.3, 0.4) is 0 Å². The van der Waals surface area contributed by atoms with Crippen molar-refractivity contribution in [1.29, 1.82) is 0 Å². The van der Waals surface area contributed by atoms with Gasteiger partial charge in [-0.1, -0.05) is 200 Å². The summed E-state index contributed by atoms with van der Waals surface area (Å²) < 4.78 is 0. The highest BCUT2D eigenvalue weighted by Gasteiger charge is 2.48. The first kappa shape index (κ1) is 31.7. The Balaban J connectivity index is 1.35. The second-order valence-corrected chi connectivity index (χ2v) is 14.0. The molecule has 1 nitrogen and oxygen atoms in total. The van der Waals surface area contributed by atoms with Crippen LogP contribution >= 0.6 is 0 Å². The summed E-state index contributed by atoms with van der Waals surface area (Å²) in [5.41, 5.74) is 15.2. The van der Waals surface area contributed by atoms with Crippen molar-refractivity contribution in [3.05, 3.63) is 247 Å². The number of benzene rings is 9. The van der Waals surface area contributed by atoms with E-state index in [0.29, 0.717) is 0 Å². The lowest BCUT2D eigenvalue weighted by Crippen LogP contribution is -2.29. The Morgan fingerprint density at radius 2 is 0.852 bits per heavy atom. The Morgan fingerprint density at radius 3 is 1.52 bits per heavy atom. The fraction of sp³-hybridized carbons (Fsp3) is 0.0189. The first-order valence-electron chi connectivity index (χ1n) is 18.7. The number of nitrogens with zero attached hydrogens (tertiary/aromatic N) is 1. The molecule has 0 aliphatic heterocycles. The van der Waals surface area contributed by atoms with Crippen LogP contribution in [0, 0.1) is 0 Å². The maximum Gasteiger partial charge on any atom is 0.0720 e. The predicted octanol–water partition coefficient (Wildman–Crippen LogP) is 14.0. The van der Waals surface area contributed by atoms with Gasteiger partial charge < -0.3 is 4.90 Å². The van der Waals surface area contributed by atoms with Crippen LogP contribution in [0.2, 0.25) is 0 Å². The maximum atomic E-state index is 2.51. The Hall–Kier alpha value is -6.96. The van der Waals surface area contributed by atoms with Crippen molar-refractivity contribution in [2.75, 3.05) is 4.90 Å². The highest BCUT2D eigenvalue weighted by Crippen LogP contribution is 2.61. The van der Waals surface area contributed by atoms with E-state index in [0.717, 1.165) is 17.1 Å². The normalized spacial score (nSPS) is 12.6. The smallest absolute Gasteiger partial charge is 0.0720 e. The molecule has 9 aromatic carbocycles. The lowest BCUT2D eigenvalue weighted by atomic mass is 9.66. The number of hydrogen-bond donors (Lipinski definition) is 0. The van der Waals surface area contributed by atoms with Gasteiger partial charge in [0, 0.05) is 16.8 Å². The van der Waals surface area contributed by atoms with Crippen LogP contribution < -0.4 is 4.90 Å². The molecule has 0 saturated heterocycles. The molecule has 1 heteroatoms. The Bertz CT molecular complexity index is 2700. The minimum Gasteiger partial charge on any atom is -0.309 e. The van der Waals surface area contributed by atoms with E-state index in [1.807, 2.05) is 0 Å². The summed E-state index contributed by atoms with van der Waals surface area (Å²) in [6, 6.07) is 82.1. The van der Waals surface area contributed by atoms with E-state index >= 15 is 0 Å². The molecule has 0 atom stereocenters. The van der Waals surface area contributed by atoms with E-state index in [1.165, 1.54) is 66.4 Å². The third-order valence-corrected chi connectivity index (χ3v) is 11.1. The van der Waals surface area contributed by atoms with Gasteiger partial charge in [0.05, 0.1) is 16.8 Å². The molecule has 0 aromatic heterocycles. The number of hydrogen-bond acceptors (Lipinski definition) is 1. The van der Waals surface area contributed by atoms with Crippen molar-refractivity contribution >= 4 is 27.8 Å². The quantitative estimate of drug-likeness (QED) is 0.161. The summed E-state index contributed by atoms with van der Waals surface area (Å²) in [4.78, 5) is 2.51. The lowest BCUT2D eigenvalue weighted by Gasteiger charge is -2.36. The van der Waals surface area contributed by atoms with Gasteiger partial charge in [0.25, 0.3) is 0 Å². The number of fused-ring (bicyclic) bond motifs is 5. The van der Waals surface area contributed by atoms with Crippen molar-refractivity contribution in [3.8, 4) is 33.4 Å². The second kappa shape index (κ2) is 13.2. The van der Waals surface area contributed by atoms with Gasteiger partial charge in [-0.25, -0.2) is 0 Å². The molecule has 0 unspecified atom stereocenters. The SMILES string of the molecule is c1ccc(-c2ccc(N(c3ccccc3-c3ccccc3)c3cc4ccccc4c4c3-c3ccccc3C4(c3ccccc3)c3ccccc3)cc2)cc1. The molecule has 54 heavy (non-hydrogen) atoms. The summed E-state index contributed by atoms with van der Waals surface area (Å²) >= 11 is 0. The van der Waals surface area contributed by atoms with E-state index < -0.39 is 5.41 Å². The third-order valence-electron chi connectivity index (χ3n) is 11.1. The molecule has 0 bridgehead atoms. The van der Waals surface area contributed by atoms with Crippen molar-refractivity contribution in [3.63, 3.8) is 0 Å². The molecule has 0 fully saturated rings. The van der Waals surface area contributed by atoms with Crippen LogP contribution in [0.25, 0.3) is 44.2 Å². The van der Waals surface area contributed by atoms with Gasteiger partial charge in [-0.15, -0.1) is 0 Å². The first-order valence-corrected chi connectivity index (χ1v) is 18.7. The molecule has 0 spiro atoms. The summed E-state index contributed by atoms with van der Waals surface area (Å²) in [7, 11) is 0. The van der Waals surface area contributed by atoms with Crippen LogP contribution in [0.4, 0.5) is 17.1 Å². The number of para-hydroxylation sites is 1. The summed E-state index contributed by atoms with van der Waals surface area (Å²) in [6.07, 6.45) is 0. The van der Waals surface area contributed by atoms with Crippen LogP contribution in [0.15, 0.2) is 224 Å². The van der Waals surface area contributed by atoms with E-state index in [1.54, 1.807) is 0 Å². The van der Waals surface area contributed by atoms with Gasteiger partial charge >= 0.3 is 0 Å². The van der Waals surface area contributed by atoms with Gasteiger partial charge in [-0.3, -0.25) is 0 Å². The van der Waals surface area contributed by atoms with Gasteiger partial charge in [0.15, 0.2) is 0 Å². The van der Waals surface area contributed by atoms with Crippen LogP contribution in [0.5, 0.6) is 0 Å². The summed E-state index contributed by atoms with van der Waals surface area (Å²) in [5.74, 6) is 0. The fourth-order valence-electron chi connectivity index (χ4n) is 8.85. The molecule has 1 aliphatic carbocycles. The molecular formula is C53H37N. The molecule has 0 radical (unpaired) electrons. The average Bonchev–Trinajstić information content (AvgIpc) is 3.58. The van der Waals surface area contributed by atoms with Crippen molar-refractivity contribution in [1.82, 2.24) is 0 Å². The van der Waals surface area contributed by atoms with Gasteiger partial charge in [-0.2, -0.15) is 0 Å². The summed E-state index contributed by atoms with van der Waals surface area (Å²) in [5, 5.41) is 2.47. The third kappa shape index (κ3) is 5.01. The highest BCUT2D eigenvalue weighted by atomic mass is 15.1. The first-order chi connectivity index (χ1) is 26.8. The van der Waals surface area contributed by atoms with Crippen LogP contribution in [0.1, 0.15) is 22.3 Å². The molecule has 9 aromatic rings. The molecule has 254 valence electrons. The van der Waals surface area contributed by atoms with E-state index in [-0.39, 0.29) is 0 Å². The Morgan fingerprint density at radius 1 is 0.352 bits per heavy atom. The zero-order valence-corrected chi connectivity index (χ0v) is 29.8. The topological polar surface area (TPSA) is 3.24 Å². The largest absolute Gasteiger partial charge is 0.309 e.